The van der Waals surface area contributed by atoms with Crippen LogP contribution in [0, 0.1) is 13.8 Å². The summed E-state index contributed by atoms with van der Waals surface area (Å²) in [5, 5.41) is 18.4. The van der Waals surface area contributed by atoms with Crippen LogP contribution in [0.3, 0.4) is 0 Å². The number of aliphatic hydroxyl groups excluding tert-OH is 1. The summed E-state index contributed by atoms with van der Waals surface area (Å²) in [7, 11) is 0. The number of unbranched alkanes of at least 4 members (excludes halogenated alkanes) is 3. The maximum Gasteiger partial charge on any atom is 0.337 e. The van der Waals surface area contributed by atoms with E-state index in [0.29, 0.717) is 5.69 Å². The zero-order valence-corrected chi connectivity index (χ0v) is 13.1. The van der Waals surface area contributed by atoms with Gasteiger partial charge in [-0.25, -0.2) is 4.79 Å². The minimum Gasteiger partial charge on any atom is -0.478 e. The van der Waals surface area contributed by atoms with Crippen molar-refractivity contribution >= 4 is 17.9 Å². The fourth-order valence-electron chi connectivity index (χ4n) is 2.15. The highest BCUT2D eigenvalue weighted by Crippen LogP contribution is 2.26. The summed E-state index contributed by atoms with van der Waals surface area (Å²) in [6, 6.07) is 3.42. The van der Waals surface area contributed by atoms with E-state index in [4.69, 9.17) is 5.11 Å². The van der Waals surface area contributed by atoms with Crippen LogP contribution in [0.25, 0.3) is 0 Å². The molecule has 0 fully saturated rings. The van der Waals surface area contributed by atoms with E-state index in [1.54, 1.807) is 19.2 Å². The minimum atomic E-state index is -0.942. The van der Waals surface area contributed by atoms with Crippen molar-refractivity contribution in [2.45, 2.75) is 59.0 Å². The predicted octanol–water partition coefficient (Wildman–Crippen LogP) is 4.04. The number of carboxylic acid groups (broad SMARTS) is 1. The quantitative estimate of drug-likeness (QED) is 0.561. The van der Waals surface area contributed by atoms with Crippen LogP contribution in [-0.2, 0) is 0 Å². The number of carboxylic acids is 1. The molecule has 4 nitrogen and oxygen atoms in total. The van der Waals surface area contributed by atoms with Crippen molar-refractivity contribution in [2.75, 3.05) is 0 Å². The molecule has 21 heavy (non-hydrogen) atoms. The van der Waals surface area contributed by atoms with E-state index in [9.17, 15) is 9.90 Å². The molecule has 0 heterocycles. The van der Waals surface area contributed by atoms with Gasteiger partial charge in [0.25, 0.3) is 0 Å². The molecule has 0 aliphatic carbocycles. The van der Waals surface area contributed by atoms with E-state index in [1.807, 2.05) is 19.9 Å². The minimum absolute atomic E-state index is 0.230. The Morgan fingerprint density at radius 3 is 2.62 bits per heavy atom. The van der Waals surface area contributed by atoms with Crippen LogP contribution in [0.2, 0.25) is 0 Å². The van der Waals surface area contributed by atoms with Gasteiger partial charge in [-0.2, -0.15) is 0 Å². The predicted molar refractivity (Wildman–Crippen MR) is 85.8 cm³/mol. The normalized spacial score (nSPS) is 12.8. The molecule has 0 amide bonds. The molecule has 1 atom stereocenters. The number of aryl methyl sites for hydroxylation is 1. The maximum atomic E-state index is 11.2. The zero-order valence-electron chi connectivity index (χ0n) is 13.1. The number of benzene rings is 1. The fraction of sp³-hybridized carbons (Fsp3) is 0.529. The van der Waals surface area contributed by atoms with Crippen molar-refractivity contribution in [3.63, 3.8) is 0 Å². The number of rotatable bonds is 8. The van der Waals surface area contributed by atoms with Gasteiger partial charge >= 0.3 is 5.97 Å². The highest BCUT2D eigenvalue weighted by molar-refractivity contribution is 5.95. The summed E-state index contributed by atoms with van der Waals surface area (Å²) < 4.78 is 0. The summed E-state index contributed by atoms with van der Waals surface area (Å²) in [6.07, 6.45) is 6.29. The third kappa shape index (κ3) is 5.68. The highest BCUT2D eigenvalue weighted by atomic mass is 16.4. The first-order chi connectivity index (χ1) is 9.93. The molecular formula is C17H25NO3. The van der Waals surface area contributed by atoms with Crippen LogP contribution in [-0.4, -0.2) is 28.5 Å². The molecule has 0 radical (unpaired) electrons. The molecule has 0 spiro atoms. The van der Waals surface area contributed by atoms with Crippen LogP contribution in [0.15, 0.2) is 17.1 Å². The summed E-state index contributed by atoms with van der Waals surface area (Å²) in [5.41, 5.74) is 2.78. The molecule has 1 unspecified atom stereocenters. The lowest BCUT2D eigenvalue weighted by atomic mass is 10.0. The molecular weight excluding hydrogens is 266 g/mol. The standard InChI is InChI=1S/C17H25NO3/c1-12-9-10-15(17(20)21)16(14(12)3)18-11-7-5-4-6-8-13(2)19/h9-11,13,19H,4-8H2,1-3H3,(H,20,21)/b18-11+. The summed E-state index contributed by atoms with van der Waals surface area (Å²) >= 11 is 0. The van der Waals surface area contributed by atoms with Crippen LogP contribution >= 0.6 is 0 Å². The fourth-order valence-corrected chi connectivity index (χ4v) is 2.15. The smallest absolute Gasteiger partial charge is 0.337 e. The Morgan fingerprint density at radius 2 is 2.00 bits per heavy atom. The molecule has 2 N–H and O–H groups in total. The first-order valence-electron chi connectivity index (χ1n) is 7.47. The molecule has 1 aromatic rings. The average Bonchev–Trinajstić information content (AvgIpc) is 2.41. The molecule has 0 saturated carbocycles. The van der Waals surface area contributed by atoms with E-state index in [2.05, 4.69) is 4.99 Å². The lowest BCUT2D eigenvalue weighted by Crippen LogP contribution is -1.99. The van der Waals surface area contributed by atoms with E-state index >= 15 is 0 Å². The van der Waals surface area contributed by atoms with E-state index in [-0.39, 0.29) is 11.7 Å². The third-order valence-corrected chi connectivity index (χ3v) is 3.61. The number of aliphatic imine (C=N–C) groups is 1. The van der Waals surface area contributed by atoms with Crippen molar-refractivity contribution in [1.29, 1.82) is 0 Å². The Kier molecular flexibility index (Phi) is 7.09. The highest BCUT2D eigenvalue weighted by Gasteiger charge is 2.12. The number of aromatic carboxylic acids is 1. The van der Waals surface area contributed by atoms with Crippen molar-refractivity contribution in [1.82, 2.24) is 0 Å². The maximum absolute atomic E-state index is 11.2. The van der Waals surface area contributed by atoms with Crippen LogP contribution in [0.4, 0.5) is 5.69 Å². The number of hydrogen-bond donors (Lipinski definition) is 2. The SMILES string of the molecule is Cc1ccc(C(=O)O)c(/N=C/CCCCCC(C)O)c1C. The van der Waals surface area contributed by atoms with E-state index in [0.717, 1.165) is 43.2 Å². The largest absolute Gasteiger partial charge is 0.478 e. The Bertz CT molecular complexity index is 507. The van der Waals surface area contributed by atoms with Crippen molar-refractivity contribution < 1.29 is 15.0 Å². The molecule has 4 heteroatoms. The molecule has 0 aromatic heterocycles. The number of carbonyl (C=O) groups is 1. The van der Waals surface area contributed by atoms with Crippen molar-refractivity contribution in [3.05, 3.63) is 28.8 Å². The second kappa shape index (κ2) is 8.57. The van der Waals surface area contributed by atoms with Gasteiger partial charge in [0.05, 0.1) is 17.4 Å². The Hall–Kier alpha value is -1.68. The van der Waals surface area contributed by atoms with E-state index < -0.39 is 5.97 Å². The number of nitrogens with zero attached hydrogens (tertiary/aromatic N) is 1. The van der Waals surface area contributed by atoms with Gasteiger partial charge in [0.2, 0.25) is 0 Å². The summed E-state index contributed by atoms with van der Waals surface area (Å²) in [4.78, 5) is 15.6. The number of hydrogen-bond acceptors (Lipinski definition) is 3. The van der Waals surface area contributed by atoms with Gasteiger partial charge in [0.1, 0.15) is 0 Å². The Morgan fingerprint density at radius 1 is 1.29 bits per heavy atom. The average molecular weight is 291 g/mol. The third-order valence-electron chi connectivity index (χ3n) is 3.61. The monoisotopic (exact) mass is 291 g/mol. The lowest BCUT2D eigenvalue weighted by Gasteiger charge is -2.08. The van der Waals surface area contributed by atoms with Crippen LogP contribution < -0.4 is 0 Å². The molecule has 0 saturated heterocycles. The summed E-state index contributed by atoms with van der Waals surface area (Å²) in [5.74, 6) is -0.942. The van der Waals surface area contributed by atoms with Gasteiger partial charge in [-0.1, -0.05) is 18.9 Å². The molecule has 0 aliphatic rings. The zero-order chi connectivity index (χ0) is 15.8. The van der Waals surface area contributed by atoms with Gasteiger partial charge in [0.15, 0.2) is 0 Å². The first kappa shape index (κ1) is 17.4. The second-order valence-electron chi connectivity index (χ2n) is 5.51. The molecule has 1 rings (SSSR count). The van der Waals surface area contributed by atoms with Gasteiger partial charge in [-0.3, -0.25) is 4.99 Å². The van der Waals surface area contributed by atoms with Gasteiger partial charge in [-0.05, 0) is 57.2 Å². The second-order valence-corrected chi connectivity index (χ2v) is 5.51. The van der Waals surface area contributed by atoms with Crippen molar-refractivity contribution in [3.8, 4) is 0 Å². The molecule has 0 aliphatic heterocycles. The molecule has 1 aromatic carbocycles. The van der Waals surface area contributed by atoms with Gasteiger partial charge < -0.3 is 10.2 Å². The topological polar surface area (TPSA) is 69.9 Å². The lowest BCUT2D eigenvalue weighted by molar-refractivity contribution is 0.0697. The van der Waals surface area contributed by atoms with Gasteiger partial charge in [-0.15, -0.1) is 0 Å². The number of aliphatic hydroxyl groups is 1. The molecule has 0 bridgehead atoms. The van der Waals surface area contributed by atoms with Crippen LogP contribution in [0.5, 0.6) is 0 Å². The summed E-state index contributed by atoms with van der Waals surface area (Å²) in [6.45, 7) is 5.66. The van der Waals surface area contributed by atoms with Gasteiger partial charge in [0, 0.05) is 6.21 Å². The van der Waals surface area contributed by atoms with Crippen LogP contribution in [0.1, 0.15) is 60.5 Å². The van der Waals surface area contributed by atoms with Crippen molar-refractivity contribution in [2.24, 2.45) is 4.99 Å². The van der Waals surface area contributed by atoms with E-state index in [1.165, 1.54) is 0 Å². The first-order valence-corrected chi connectivity index (χ1v) is 7.47. The molecule has 116 valence electrons. The Labute approximate surface area is 126 Å². The Balaban J connectivity index is 2.59.